The molecular weight excluding hydrogens is 235 g/mol. The van der Waals surface area contributed by atoms with Crippen molar-refractivity contribution in [3.05, 3.63) is 28.0 Å². The third-order valence-corrected chi connectivity index (χ3v) is 3.07. The van der Waals surface area contributed by atoms with Crippen LogP contribution in [0.3, 0.4) is 0 Å². The molecule has 15 heavy (non-hydrogen) atoms. The molecule has 0 bridgehead atoms. The largest absolute Gasteiger partial charge is 0.392 e. The van der Waals surface area contributed by atoms with Gasteiger partial charge < -0.3 is 5.11 Å². The Morgan fingerprint density at radius 3 is 2.87 bits per heavy atom. The van der Waals surface area contributed by atoms with Gasteiger partial charge in [-0.15, -0.1) is 0 Å². The maximum Gasteiger partial charge on any atom is 0.135 e. The Kier molecular flexibility index (Phi) is 3.46. The monoisotopic (exact) mass is 246 g/mol. The van der Waals surface area contributed by atoms with Gasteiger partial charge in [0.05, 0.1) is 6.10 Å². The Balaban J connectivity index is 2.04. The van der Waals surface area contributed by atoms with Crippen molar-refractivity contribution < 1.29 is 5.11 Å². The van der Waals surface area contributed by atoms with Crippen LogP contribution in [0.25, 0.3) is 0 Å². The van der Waals surface area contributed by atoms with Crippen LogP contribution >= 0.6 is 23.2 Å². The average Bonchev–Trinajstić information content (AvgIpc) is 2.56. The van der Waals surface area contributed by atoms with Gasteiger partial charge in [0.2, 0.25) is 0 Å². The summed E-state index contributed by atoms with van der Waals surface area (Å²) in [5.74, 6) is 0. The van der Waals surface area contributed by atoms with Gasteiger partial charge in [0.15, 0.2) is 0 Å². The molecular formula is C10H12Cl2N2O. The van der Waals surface area contributed by atoms with E-state index in [-0.39, 0.29) is 6.10 Å². The zero-order valence-corrected chi connectivity index (χ0v) is 9.67. The maximum atomic E-state index is 9.38. The lowest BCUT2D eigenvalue weighted by Crippen LogP contribution is -2.21. The number of nitrogens with zero attached hydrogens (tertiary/aromatic N) is 2. The van der Waals surface area contributed by atoms with Crippen LogP contribution in [0.4, 0.5) is 0 Å². The lowest BCUT2D eigenvalue weighted by atomic mass is 10.3. The smallest absolute Gasteiger partial charge is 0.135 e. The van der Waals surface area contributed by atoms with Crippen LogP contribution in [0, 0.1) is 0 Å². The Hall–Kier alpha value is -0.350. The predicted octanol–water partition coefficient (Wildman–Crippen LogP) is 1.96. The van der Waals surface area contributed by atoms with Gasteiger partial charge in [-0.2, -0.15) is 0 Å². The summed E-state index contributed by atoms with van der Waals surface area (Å²) in [6.07, 6.45) is 0.627. The van der Waals surface area contributed by atoms with Gasteiger partial charge in [-0.3, -0.25) is 4.90 Å². The second kappa shape index (κ2) is 4.66. The molecule has 1 N–H and O–H groups in total. The Morgan fingerprint density at radius 2 is 2.27 bits per heavy atom. The maximum absolute atomic E-state index is 9.38. The van der Waals surface area contributed by atoms with Crippen LogP contribution in [-0.4, -0.2) is 34.2 Å². The lowest BCUT2D eigenvalue weighted by Gasteiger charge is -2.15. The van der Waals surface area contributed by atoms with Crippen molar-refractivity contribution >= 4 is 23.2 Å². The summed E-state index contributed by atoms with van der Waals surface area (Å²) < 4.78 is 0. The van der Waals surface area contributed by atoms with Crippen LogP contribution in [-0.2, 0) is 6.54 Å². The van der Waals surface area contributed by atoms with Crippen LogP contribution < -0.4 is 0 Å². The second-order valence-corrected chi connectivity index (χ2v) is 4.51. The van der Waals surface area contributed by atoms with E-state index in [0.29, 0.717) is 16.9 Å². The highest BCUT2D eigenvalue weighted by Gasteiger charge is 2.20. The molecule has 5 heteroatoms. The first kappa shape index (κ1) is 11.1. The first-order valence-electron chi connectivity index (χ1n) is 4.86. The number of aromatic nitrogens is 1. The minimum atomic E-state index is -0.205. The third-order valence-electron chi connectivity index (χ3n) is 2.53. The van der Waals surface area contributed by atoms with Gasteiger partial charge >= 0.3 is 0 Å². The molecule has 2 heterocycles. The second-order valence-electron chi connectivity index (χ2n) is 3.76. The standard InChI is InChI=1S/C10H12Cl2N2O/c11-9-2-1-7(10(12)13-9)5-14-4-3-8(15)6-14/h1-2,8,15H,3-6H2/t8-/m0/s1. The summed E-state index contributed by atoms with van der Waals surface area (Å²) in [7, 11) is 0. The molecule has 2 rings (SSSR count). The highest BCUT2D eigenvalue weighted by molar-refractivity contribution is 6.32. The lowest BCUT2D eigenvalue weighted by molar-refractivity contribution is 0.175. The van der Waals surface area contributed by atoms with Gasteiger partial charge in [0.25, 0.3) is 0 Å². The van der Waals surface area contributed by atoms with Crippen molar-refractivity contribution in [2.75, 3.05) is 13.1 Å². The molecule has 0 unspecified atom stereocenters. The number of rotatable bonds is 2. The molecule has 1 aromatic heterocycles. The topological polar surface area (TPSA) is 36.4 Å². The highest BCUT2D eigenvalue weighted by atomic mass is 35.5. The third kappa shape index (κ3) is 2.82. The van der Waals surface area contributed by atoms with Crippen molar-refractivity contribution in [2.24, 2.45) is 0 Å². The van der Waals surface area contributed by atoms with E-state index in [1.807, 2.05) is 6.07 Å². The van der Waals surface area contributed by atoms with E-state index in [1.54, 1.807) is 6.07 Å². The van der Waals surface area contributed by atoms with E-state index in [2.05, 4.69) is 9.88 Å². The fraction of sp³-hybridized carbons (Fsp3) is 0.500. The van der Waals surface area contributed by atoms with Gasteiger partial charge in [-0.25, -0.2) is 4.98 Å². The zero-order chi connectivity index (χ0) is 10.8. The Morgan fingerprint density at radius 1 is 1.47 bits per heavy atom. The van der Waals surface area contributed by atoms with Crippen LogP contribution in [0.15, 0.2) is 12.1 Å². The Bertz CT molecular complexity index is 359. The zero-order valence-electron chi connectivity index (χ0n) is 8.16. The summed E-state index contributed by atoms with van der Waals surface area (Å²) >= 11 is 11.7. The van der Waals surface area contributed by atoms with E-state index >= 15 is 0 Å². The Labute approximate surface area is 98.6 Å². The highest BCUT2D eigenvalue weighted by Crippen LogP contribution is 2.20. The number of halogens is 2. The molecule has 0 aromatic carbocycles. The van der Waals surface area contributed by atoms with Crippen molar-refractivity contribution in [3.63, 3.8) is 0 Å². The van der Waals surface area contributed by atoms with Crippen molar-refractivity contribution in [3.8, 4) is 0 Å². The summed E-state index contributed by atoms with van der Waals surface area (Å²) in [5, 5.41) is 10.2. The first-order valence-corrected chi connectivity index (χ1v) is 5.62. The summed E-state index contributed by atoms with van der Waals surface area (Å²) in [5.41, 5.74) is 0.954. The number of hydrogen-bond donors (Lipinski definition) is 1. The fourth-order valence-electron chi connectivity index (χ4n) is 1.76. The summed E-state index contributed by atoms with van der Waals surface area (Å²) in [6.45, 7) is 2.33. The van der Waals surface area contributed by atoms with Crippen LogP contribution in [0.5, 0.6) is 0 Å². The first-order chi connectivity index (χ1) is 7.15. The predicted molar refractivity (Wildman–Crippen MR) is 60.2 cm³/mol. The molecule has 0 spiro atoms. The van der Waals surface area contributed by atoms with Crippen molar-refractivity contribution in [1.82, 2.24) is 9.88 Å². The quantitative estimate of drug-likeness (QED) is 0.811. The molecule has 1 aliphatic rings. The fourth-order valence-corrected chi connectivity index (χ4v) is 2.16. The van der Waals surface area contributed by atoms with E-state index in [4.69, 9.17) is 23.2 Å². The minimum absolute atomic E-state index is 0.205. The molecule has 1 fully saturated rings. The molecule has 1 atom stereocenters. The molecule has 82 valence electrons. The number of likely N-dealkylation sites (tertiary alicyclic amines) is 1. The number of aliphatic hydroxyl groups excluding tert-OH is 1. The normalized spacial score (nSPS) is 22.2. The van der Waals surface area contributed by atoms with Crippen molar-refractivity contribution in [1.29, 1.82) is 0 Å². The number of β-amino-alcohol motifs (C(OH)–C–C–N with tert-alkyl or cyclic N) is 1. The van der Waals surface area contributed by atoms with Crippen LogP contribution in [0.2, 0.25) is 10.3 Å². The van der Waals surface area contributed by atoms with E-state index in [1.165, 1.54) is 0 Å². The molecule has 0 aliphatic carbocycles. The number of hydrogen-bond acceptors (Lipinski definition) is 3. The van der Waals surface area contributed by atoms with Gasteiger partial charge in [0.1, 0.15) is 10.3 Å². The van der Waals surface area contributed by atoms with E-state index < -0.39 is 0 Å². The minimum Gasteiger partial charge on any atom is -0.392 e. The van der Waals surface area contributed by atoms with Crippen molar-refractivity contribution in [2.45, 2.75) is 19.1 Å². The number of aliphatic hydroxyl groups is 1. The van der Waals surface area contributed by atoms with Gasteiger partial charge in [0, 0.05) is 25.2 Å². The molecule has 0 radical (unpaired) electrons. The number of pyridine rings is 1. The molecule has 1 aromatic rings. The summed E-state index contributed by atoms with van der Waals surface area (Å²) in [4.78, 5) is 6.13. The molecule has 3 nitrogen and oxygen atoms in total. The van der Waals surface area contributed by atoms with E-state index in [0.717, 1.165) is 25.1 Å². The van der Waals surface area contributed by atoms with Gasteiger partial charge in [-0.1, -0.05) is 29.3 Å². The SMILES string of the molecule is O[C@H]1CCN(Cc2ccc(Cl)nc2Cl)C1. The van der Waals surface area contributed by atoms with Gasteiger partial charge in [-0.05, 0) is 12.5 Å². The molecule has 0 saturated carbocycles. The molecule has 1 aliphatic heterocycles. The summed E-state index contributed by atoms with van der Waals surface area (Å²) in [6, 6.07) is 3.61. The molecule has 0 amide bonds. The van der Waals surface area contributed by atoms with E-state index in [9.17, 15) is 5.11 Å². The van der Waals surface area contributed by atoms with Crippen LogP contribution in [0.1, 0.15) is 12.0 Å². The average molecular weight is 247 g/mol. The molecule has 1 saturated heterocycles.